The van der Waals surface area contributed by atoms with Crippen molar-refractivity contribution in [2.45, 2.75) is 32.4 Å². The summed E-state index contributed by atoms with van der Waals surface area (Å²) in [5, 5.41) is 3.72. The zero-order valence-corrected chi connectivity index (χ0v) is 20.8. The van der Waals surface area contributed by atoms with E-state index in [0.717, 1.165) is 16.5 Å². The predicted molar refractivity (Wildman–Crippen MR) is 142 cm³/mol. The highest BCUT2D eigenvalue weighted by molar-refractivity contribution is 6.05. The molecular formula is C30H26FN3O4. The topological polar surface area (TPSA) is 88.6 Å². The number of rotatable bonds is 8. The minimum absolute atomic E-state index is 0.0330. The third kappa shape index (κ3) is 5.39. The Kier molecular flexibility index (Phi) is 7.13. The first-order valence-corrected chi connectivity index (χ1v) is 12.4. The van der Waals surface area contributed by atoms with Crippen LogP contribution in [0.25, 0.3) is 22.0 Å². The van der Waals surface area contributed by atoms with E-state index in [9.17, 15) is 14.4 Å². The summed E-state index contributed by atoms with van der Waals surface area (Å²) in [4.78, 5) is 41.9. The number of para-hydroxylation sites is 1. The monoisotopic (exact) mass is 511 g/mol. The van der Waals surface area contributed by atoms with Gasteiger partial charge < -0.3 is 14.8 Å². The number of carbonyl (C=O) groups excluding carboxylic acids is 3. The molecule has 0 spiro atoms. The number of hydrogen-bond acceptors (Lipinski definition) is 5. The number of fused-ring (bicyclic) bond motifs is 1. The number of amides is 2. The molecule has 0 aliphatic carbocycles. The molecule has 0 unspecified atom stereocenters. The number of Topliss-reactive ketones (excluding diaryl/α,β-unsaturated/α-hetero) is 1. The van der Waals surface area contributed by atoms with Gasteiger partial charge in [-0.25, -0.2) is 9.18 Å². The fourth-order valence-corrected chi connectivity index (χ4v) is 4.53. The molecule has 3 aromatic carbocycles. The average molecular weight is 512 g/mol. The number of nitrogens with zero attached hydrogens (tertiary/aromatic N) is 2. The zero-order chi connectivity index (χ0) is 26.6. The second-order valence-corrected chi connectivity index (χ2v) is 9.28. The molecule has 8 heteroatoms. The fourth-order valence-electron chi connectivity index (χ4n) is 4.53. The number of halogens is 1. The molecule has 1 fully saturated rings. The molecule has 38 heavy (non-hydrogen) atoms. The molecule has 1 N–H and O–H groups in total. The number of aromatic nitrogens is 1. The van der Waals surface area contributed by atoms with Gasteiger partial charge in [-0.1, -0.05) is 42.5 Å². The summed E-state index contributed by atoms with van der Waals surface area (Å²) in [6.45, 7) is 2.09. The molecule has 0 bridgehead atoms. The van der Waals surface area contributed by atoms with Crippen LogP contribution >= 0.6 is 0 Å². The summed E-state index contributed by atoms with van der Waals surface area (Å²) in [6.07, 6.45) is 1.46. The van der Waals surface area contributed by atoms with Crippen LogP contribution in [0.2, 0.25) is 0 Å². The maximum Gasteiger partial charge on any atom is 0.414 e. The Labute approximate surface area is 219 Å². The normalized spacial score (nSPS) is 14.9. The molecule has 1 aliphatic rings. The van der Waals surface area contributed by atoms with Crippen molar-refractivity contribution in [1.82, 2.24) is 10.3 Å². The van der Waals surface area contributed by atoms with Crippen LogP contribution in [-0.2, 0) is 16.1 Å². The Bertz CT molecular complexity index is 1510. The van der Waals surface area contributed by atoms with Gasteiger partial charge in [0, 0.05) is 30.1 Å². The summed E-state index contributed by atoms with van der Waals surface area (Å²) >= 11 is 0. The van der Waals surface area contributed by atoms with Crippen molar-refractivity contribution in [3.63, 3.8) is 0 Å². The van der Waals surface area contributed by atoms with Gasteiger partial charge in [0.05, 0.1) is 23.3 Å². The van der Waals surface area contributed by atoms with E-state index >= 15 is 4.39 Å². The maximum absolute atomic E-state index is 15.1. The van der Waals surface area contributed by atoms with Crippen molar-refractivity contribution in [1.29, 1.82) is 0 Å². The van der Waals surface area contributed by atoms with Crippen LogP contribution in [0, 0.1) is 5.82 Å². The van der Waals surface area contributed by atoms with Crippen molar-refractivity contribution >= 4 is 34.4 Å². The summed E-state index contributed by atoms with van der Waals surface area (Å²) in [5.74, 6) is -0.628. The molecule has 192 valence electrons. The molecular weight excluding hydrogens is 485 g/mol. The van der Waals surface area contributed by atoms with Gasteiger partial charge in [-0.05, 0) is 54.8 Å². The number of ketones is 1. The highest BCUT2D eigenvalue weighted by Gasteiger charge is 2.32. The summed E-state index contributed by atoms with van der Waals surface area (Å²) in [5.41, 5.74) is 3.66. The Morgan fingerprint density at radius 3 is 2.63 bits per heavy atom. The minimum atomic E-state index is -0.545. The van der Waals surface area contributed by atoms with Crippen molar-refractivity contribution in [3.05, 3.63) is 95.9 Å². The molecule has 4 aromatic rings. The van der Waals surface area contributed by atoms with Crippen molar-refractivity contribution in [3.8, 4) is 11.1 Å². The second kappa shape index (κ2) is 10.8. The van der Waals surface area contributed by atoms with E-state index in [-0.39, 0.29) is 24.3 Å². The first kappa shape index (κ1) is 25.1. The third-order valence-electron chi connectivity index (χ3n) is 6.57. The molecule has 1 aromatic heterocycles. The van der Waals surface area contributed by atoms with E-state index < -0.39 is 11.9 Å². The Morgan fingerprint density at radius 2 is 1.87 bits per heavy atom. The standard InChI is InChI=1S/C30H26FN3O4/c1-19(35)6-12-23-18-34(30(37)38-23)22-11-13-24(27(31)16-22)21-9-7-20(8-10-21)17-33-29(36)26-14-15-32-28-5-3-2-4-25(26)28/h2-5,7-11,13-16,23H,6,12,17-18H2,1H3,(H,33,36)/t23-/m0/s1. The van der Waals surface area contributed by atoms with Gasteiger partial charge in [0.2, 0.25) is 0 Å². The molecule has 5 rings (SSSR count). The number of pyridine rings is 1. The Balaban J connectivity index is 1.23. The lowest BCUT2D eigenvalue weighted by molar-refractivity contribution is -0.117. The summed E-state index contributed by atoms with van der Waals surface area (Å²) in [6, 6.07) is 21.1. The van der Waals surface area contributed by atoms with E-state index in [1.54, 1.807) is 36.5 Å². The van der Waals surface area contributed by atoms with Crippen LogP contribution in [0.5, 0.6) is 0 Å². The van der Waals surface area contributed by atoms with Gasteiger partial charge in [-0.3, -0.25) is 14.7 Å². The van der Waals surface area contributed by atoms with Crippen LogP contribution in [-0.4, -0.2) is 35.4 Å². The van der Waals surface area contributed by atoms with Crippen molar-refractivity contribution < 1.29 is 23.5 Å². The van der Waals surface area contributed by atoms with Gasteiger partial charge in [0.25, 0.3) is 5.91 Å². The smallest absolute Gasteiger partial charge is 0.414 e. The number of carbonyl (C=O) groups is 3. The molecule has 1 atom stereocenters. The van der Waals surface area contributed by atoms with Gasteiger partial charge in [-0.2, -0.15) is 0 Å². The van der Waals surface area contributed by atoms with Crippen LogP contribution in [0.15, 0.2) is 79.0 Å². The van der Waals surface area contributed by atoms with Crippen LogP contribution in [0.3, 0.4) is 0 Å². The SMILES string of the molecule is CC(=O)CC[C@H]1CN(c2ccc(-c3ccc(CNC(=O)c4ccnc5ccccc45)cc3)c(F)c2)C(=O)O1. The van der Waals surface area contributed by atoms with Crippen LogP contribution in [0.1, 0.15) is 35.7 Å². The fraction of sp³-hybridized carbons (Fsp3) is 0.200. The molecule has 0 saturated carbocycles. The number of hydrogen-bond donors (Lipinski definition) is 1. The largest absolute Gasteiger partial charge is 0.444 e. The van der Waals surface area contributed by atoms with Crippen molar-refractivity contribution in [2.75, 3.05) is 11.4 Å². The Morgan fingerprint density at radius 1 is 1.08 bits per heavy atom. The highest BCUT2D eigenvalue weighted by atomic mass is 19.1. The van der Waals surface area contributed by atoms with E-state index in [0.29, 0.717) is 41.8 Å². The number of ether oxygens (including phenoxy) is 1. The van der Waals surface area contributed by atoms with Crippen LogP contribution in [0.4, 0.5) is 14.9 Å². The van der Waals surface area contributed by atoms with Gasteiger partial charge in [-0.15, -0.1) is 0 Å². The average Bonchev–Trinajstić information content (AvgIpc) is 3.31. The first-order chi connectivity index (χ1) is 18.4. The lowest BCUT2D eigenvalue weighted by atomic mass is 10.0. The van der Waals surface area contributed by atoms with E-state index in [1.165, 1.54) is 17.9 Å². The van der Waals surface area contributed by atoms with Gasteiger partial charge in [0.1, 0.15) is 17.7 Å². The molecule has 2 heterocycles. The Hall–Kier alpha value is -4.59. The van der Waals surface area contributed by atoms with E-state index in [4.69, 9.17) is 4.74 Å². The van der Waals surface area contributed by atoms with Gasteiger partial charge >= 0.3 is 6.09 Å². The molecule has 1 saturated heterocycles. The summed E-state index contributed by atoms with van der Waals surface area (Å²) < 4.78 is 20.4. The van der Waals surface area contributed by atoms with Crippen molar-refractivity contribution in [2.24, 2.45) is 0 Å². The lowest BCUT2D eigenvalue weighted by Gasteiger charge is -2.14. The molecule has 1 aliphatic heterocycles. The zero-order valence-electron chi connectivity index (χ0n) is 20.8. The number of cyclic esters (lactones) is 1. The molecule has 2 amide bonds. The lowest BCUT2D eigenvalue weighted by Crippen LogP contribution is -2.24. The quantitative estimate of drug-likeness (QED) is 0.330. The second-order valence-electron chi connectivity index (χ2n) is 9.28. The van der Waals surface area contributed by atoms with E-state index in [2.05, 4.69) is 10.3 Å². The number of benzene rings is 3. The van der Waals surface area contributed by atoms with Gasteiger partial charge in [0.15, 0.2) is 0 Å². The van der Waals surface area contributed by atoms with E-state index in [1.807, 2.05) is 36.4 Å². The third-order valence-corrected chi connectivity index (χ3v) is 6.57. The predicted octanol–water partition coefficient (Wildman–Crippen LogP) is 5.67. The minimum Gasteiger partial charge on any atom is -0.444 e. The molecule has 7 nitrogen and oxygen atoms in total. The molecule has 0 radical (unpaired) electrons. The summed E-state index contributed by atoms with van der Waals surface area (Å²) in [7, 11) is 0. The number of anilines is 1. The maximum atomic E-state index is 15.1. The van der Waals surface area contributed by atoms with Crippen LogP contribution < -0.4 is 10.2 Å². The number of nitrogens with one attached hydrogen (secondary N) is 1. The highest BCUT2D eigenvalue weighted by Crippen LogP contribution is 2.30. The first-order valence-electron chi connectivity index (χ1n) is 12.4.